The van der Waals surface area contributed by atoms with Gasteiger partial charge in [-0.25, -0.2) is 19.3 Å². The maximum Gasteiger partial charge on any atom is 0.508 e. The van der Waals surface area contributed by atoms with Gasteiger partial charge in [0.2, 0.25) is 0 Å². The normalized spacial score (nSPS) is 22.2. The molecule has 10 nitrogen and oxygen atoms in total. The molecular formula is C20H26N6O4. The minimum Gasteiger partial charge on any atom is -0.431 e. The summed E-state index contributed by atoms with van der Waals surface area (Å²) in [5.41, 5.74) is 0.299. The maximum absolute atomic E-state index is 11.8. The van der Waals surface area contributed by atoms with Gasteiger partial charge in [0.25, 0.3) is 0 Å². The number of carbonyl (C=O) groups excluding carboxylic acids is 1. The van der Waals surface area contributed by atoms with Gasteiger partial charge < -0.3 is 19.1 Å². The van der Waals surface area contributed by atoms with E-state index in [2.05, 4.69) is 21.1 Å². The fourth-order valence-electron chi connectivity index (χ4n) is 3.09. The topological polar surface area (TPSA) is 114 Å². The molecule has 1 fully saturated rings. The summed E-state index contributed by atoms with van der Waals surface area (Å²) in [6.45, 7) is 3.49. The first-order valence-electron chi connectivity index (χ1n) is 9.83. The van der Waals surface area contributed by atoms with E-state index in [-0.39, 0.29) is 18.8 Å². The Bertz CT molecular complexity index is 966. The van der Waals surface area contributed by atoms with E-state index in [1.165, 1.54) is 6.33 Å². The number of fused-ring (bicyclic) bond motifs is 1. The van der Waals surface area contributed by atoms with Gasteiger partial charge in [-0.2, -0.15) is 10.4 Å². The third kappa shape index (κ3) is 4.68. The molecule has 0 aromatic carbocycles. The molecule has 160 valence electrons. The van der Waals surface area contributed by atoms with Crippen LogP contribution in [0, 0.1) is 11.3 Å². The van der Waals surface area contributed by atoms with E-state index in [9.17, 15) is 10.1 Å². The minimum absolute atomic E-state index is 0.189. The van der Waals surface area contributed by atoms with Crippen molar-refractivity contribution in [2.45, 2.75) is 50.9 Å². The van der Waals surface area contributed by atoms with E-state index in [0.717, 1.165) is 11.2 Å². The van der Waals surface area contributed by atoms with E-state index >= 15 is 0 Å². The van der Waals surface area contributed by atoms with Gasteiger partial charge in [0.1, 0.15) is 36.7 Å². The lowest BCUT2D eigenvalue weighted by molar-refractivity contribution is -0.0595. The summed E-state index contributed by atoms with van der Waals surface area (Å²) in [6.07, 6.45) is 3.37. The summed E-state index contributed by atoms with van der Waals surface area (Å²) < 4.78 is 18.0. The van der Waals surface area contributed by atoms with Gasteiger partial charge in [-0.1, -0.05) is 6.92 Å². The molecule has 2 aromatic rings. The van der Waals surface area contributed by atoms with Crippen molar-refractivity contribution >= 4 is 23.8 Å². The molecule has 0 spiro atoms. The molecule has 0 radical (unpaired) electrons. The molecule has 2 aromatic heterocycles. The van der Waals surface area contributed by atoms with Crippen LogP contribution in [0.15, 0.2) is 23.5 Å². The van der Waals surface area contributed by atoms with E-state index < -0.39 is 11.8 Å². The van der Waals surface area contributed by atoms with Crippen molar-refractivity contribution in [2.75, 3.05) is 20.7 Å². The van der Waals surface area contributed by atoms with Gasteiger partial charge in [0, 0.05) is 14.1 Å². The second-order valence-corrected chi connectivity index (χ2v) is 7.47. The Hall–Kier alpha value is -3.19. The van der Waals surface area contributed by atoms with Crippen LogP contribution in [0.5, 0.6) is 0 Å². The van der Waals surface area contributed by atoms with Gasteiger partial charge in [-0.3, -0.25) is 0 Å². The summed E-state index contributed by atoms with van der Waals surface area (Å²) in [4.78, 5) is 22.2. The van der Waals surface area contributed by atoms with E-state index in [1.807, 2.05) is 38.1 Å². The maximum atomic E-state index is 11.8. The van der Waals surface area contributed by atoms with Crippen LogP contribution in [0.4, 0.5) is 10.6 Å². The standard InChI is InChI=1S/C20H26N6O4/c1-5-14(2)29-19(27)28-11-20(10-21)9-8-17(30-20)15-6-7-16-18(23-13-25(3)4)22-12-24-26(15)16/h6-7,12-14,17H,5,8-9,11H2,1-4H3. The number of nitrogens with zero attached hydrogens (tertiary/aromatic N) is 6. The van der Waals surface area contributed by atoms with E-state index in [0.29, 0.717) is 25.1 Å². The molecule has 0 saturated carbocycles. The first-order chi connectivity index (χ1) is 14.4. The largest absolute Gasteiger partial charge is 0.508 e. The Labute approximate surface area is 175 Å². The van der Waals surface area contributed by atoms with E-state index in [1.54, 1.807) is 17.8 Å². The highest BCUT2D eigenvalue weighted by Crippen LogP contribution is 2.40. The van der Waals surface area contributed by atoms with Crippen LogP contribution in [0.3, 0.4) is 0 Å². The number of rotatable bonds is 7. The van der Waals surface area contributed by atoms with Gasteiger partial charge in [-0.15, -0.1) is 0 Å². The molecule has 10 heteroatoms. The molecule has 30 heavy (non-hydrogen) atoms. The number of nitriles is 1. The fraction of sp³-hybridized carbons (Fsp3) is 0.550. The Morgan fingerprint density at radius 2 is 2.37 bits per heavy atom. The Morgan fingerprint density at radius 3 is 3.07 bits per heavy atom. The molecule has 0 bridgehead atoms. The predicted octanol–water partition coefficient (Wildman–Crippen LogP) is 3.02. The van der Waals surface area contributed by atoms with Crippen molar-refractivity contribution in [3.8, 4) is 6.07 Å². The molecule has 0 N–H and O–H groups in total. The van der Waals surface area contributed by atoms with Crippen molar-refractivity contribution in [3.05, 3.63) is 24.2 Å². The summed E-state index contributed by atoms with van der Waals surface area (Å²) in [7, 11) is 3.75. The average Bonchev–Trinajstić information content (AvgIpc) is 3.35. The van der Waals surface area contributed by atoms with Gasteiger partial charge in [-0.05, 0) is 38.3 Å². The molecule has 3 atom stereocenters. The zero-order valence-corrected chi connectivity index (χ0v) is 17.6. The highest BCUT2D eigenvalue weighted by atomic mass is 16.7. The predicted molar refractivity (Wildman–Crippen MR) is 108 cm³/mol. The van der Waals surface area contributed by atoms with Crippen LogP contribution in [0.1, 0.15) is 44.9 Å². The molecular weight excluding hydrogens is 388 g/mol. The Morgan fingerprint density at radius 1 is 1.57 bits per heavy atom. The number of hydrogen-bond donors (Lipinski definition) is 0. The van der Waals surface area contributed by atoms with Crippen molar-refractivity contribution in [2.24, 2.45) is 4.99 Å². The monoisotopic (exact) mass is 414 g/mol. The summed E-state index contributed by atoms with van der Waals surface area (Å²) in [5.74, 6) is 0.533. The SMILES string of the molecule is CCC(C)OC(=O)OCC1(C#N)CCC(c2ccc3c(N=CN(C)C)ncnn23)O1. The number of ether oxygens (including phenoxy) is 3. The van der Waals surface area contributed by atoms with Crippen molar-refractivity contribution in [1.29, 1.82) is 5.26 Å². The smallest absolute Gasteiger partial charge is 0.431 e. The average molecular weight is 414 g/mol. The molecule has 3 rings (SSSR count). The minimum atomic E-state index is -1.22. The lowest BCUT2D eigenvalue weighted by Crippen LogP contribution is -2.34. The third-order valence-electron chi connectivity index (χ3n) is 4.88. The van der Waals surface area contributed by atoms with Crippen LogP contribution >= 0.6 is 0 Å². The van der Waals surface area contributed by atoms with E-state index in [4.69, 9.17) is 14.2 Å². The van der Waals surface area contributed by atoms with Crippen LogP contribution in [0.2, 0.25) is 0 Å². The molecule has 3 unspecified atom stereocenters. The van der Waals surface area contributed by atoms with Crippen molar-refractivity contribution in [1.82, 2.24) is 19.5 Å². The van der Waals surface area contributed by atoms with Crippen LogP contribution in [-0.2, 0) is 14.2 Å². The molecule has 0 aliphatic carbocycles. The fourth-order valence-corrected chi connectivity index (χ4v) is 3.09. The zero-order chi connectivity index (χ0) is 21.7. The second kappa shape index (κ2) is 9.09. The molecule has 1 aliphatic rings. The van der Waals surface area contributed by atoms with Crippen molar-refractivity contribution < 1.29 is 19.0 Å². The Kier molecular flexibility index (Phi) is 6.52. The summed E-state index contributed by atoms with van der Waals surface area (Å²) >= 11 is 0. The quantitative estimate of drug-likeness (QED) is 0.386. The van der Waals surface area contributed by atoms with Crippen LogP contribution in [0.25, 0.3) is 5.52 Å². The molecule has 1 aliphatic heterocycles. The highest BCUT2D eigenvalue weighted by Gasteiger charge is 2.43. The zero-order valence-electron chi connectivity index (χ0n) is 17.6. The van der Waals surface area contributed by atoms with Crippen LogP contribution < -0.4 is 0 Å². The van der Waals surface area contributed by atoms with Crippen LogP contribution in [-0.4, -0.2) is 64.4 Å². The Balaban J connectivity index is 1.74. The van der Waals surface area contributed by atoms with Crippen molar-refractivity contribution in [3.63, 3.8) is 0 Å². The summed E-state index contributed by atoms with van der Waals surface area (Å²) in [6, 6.07) is 5.91. The summed E-state index contributed by atoms with van der Waals surface area (Å²) in [5, 5.41) is 14.0. The molecule has 3 heterocycles. The number of hydrogen-bond acceptors (Lipinski definition) is 8. The highest BCUT2D eigenvalue weighted by molar-refractivity contribution is 5.70. The second-order valence-electron chi connectivity index (χ2n) is 7.47. The molecule has 0 amide bonds. The molecule has 1 saturated heterocycles. The lowest BCUT2D eigenvalue weighted by atomic mass is 10.0. The number of aromatic nitrogens is 3. The number of carbonyl (C=O) groups is 1. The van der Waals surface area contributed by atoms with Gasteiger partial charge in [0.05, 0.1) is 12.0 Å². The first kappa shape index (κ1) is 21.5. The van der Waals surface area contributed by atoms with Gasteiger partial charge >= 0.3 is 6.16 Å². The first-order valence-corrected chi connectivity index (χ1v) is 9.83. The lowest BCUT2D eigenvalue weighted by Gasteiger charge is -2.22. The van der Waals surface area contributed by atoms with Gasteiger partial charge in [0.15, 0.2) is 11.4 Å². The number of aliphatic imine (C=N–C) groups is 1. The third-order valence-corrected chi connectivity index (χ3v) is 4.88.